The van der Waals surface area contributed by atoms with Crippen LogP contribution < -0.4 is 0 Å². The van der Waals surface area contributed by atoms with E-state index in [4.69, 9.17) is 0 Å². The van der Waals surface area contributed by atoms with Crippen molar-refractivity contribution in [3.8, 4) is 0 Å². The Labute approximate surface area is 105 Å². The molecule has 15 heavy (non-hydrogen) atoms. The molecule has 1 fully saturated rings. The average molecular weight is 288 g/mol. The summed E-state index contributed by atoms with van der Waals surface area (Å²) >= 11 is 5.34. The molecule has 2 heterocycles. The predicted octanol–water partition coefficient (Wildman–Crippen LogP) is 3.40. The number of nitrogens with zero attached hydrogens (tertiary/aromatic N) is 1. The van der Waals surface area contributed by atoms with Crippen LogP contribution in [0.25, 0.3) is 0 Å². The Bertz CT molecular complexity index is 273. The van der Waals surface area contributed by atoms with Gasteiger partial charge in [0.2, 0.25) is 0 Å². The molecule has 1 atom stereocenters. The molecular formula is C12H18BrNS. The molecule has 3 heteroatoms. The van der Waals surface area contributed by atoms with Crippen molar-refractivity contribution in [1.29, 1.82) is 0 Å². The zero-order valence-electron chi connectivity index (χ0n) is 8.99. The standard InChI is InChI=1S/C12H18BrNS/c13-5-1-11-2-6-14(9-11)7-3-12-4-8-15-10-12/h4,8,10-11H,1-3,5-7,9H2. The molecule has 0 aliphatic carbocycles. The van der Waals surface area contributed by atoms with E-state index in [0.717, 1.165) is 11.2 Å². The van der Waals surface area contributed by atoms with Gasteiger partial charge in [-0.1, -0.05) is 15.9 Å². The van der Waals surface area contributed by atoms with E-state index in [1.807, 2.05) is 0 Å². The number of rotatable bonds is 5. The second-order valence-corrected chi connectivity index (χ2v) is 5.89. The van der Waals surface area contributed by atoms with Crippen LogP contribution in [0.1, 0.15) is 18.4 Å². The van der Waals surface area contributed by atoms with Crippen molar-refractivity contribution in [3.63, 3.8) is 0 Å². The molecule has 2 rings (SSSR count). The number of halogens is 1. The molecule has 0 amide bonds. The number of hydrogen-bond acceptors (Lipinski definition) is 2. The highest BCUT2D eigenvalue weighted by atomic mass is 79.9. The third-order valence-electron chi connectivity index (χ3n) is 3.18. The monoisotopic (exact) mass is 287 g/mol. The van der Waals surface area contributed by atoms with E-state index in [9.17, 15) is 0 Å². The topological polar surface area (TPSA) is 3.24 Å². The second-order valence-electron chi connectivity index (χ2n) is 4.31. The van der Waals surface area contributed by atoms with Crippen molar-refractivity contribution in [2.24, 2.45) is 5.92 Å². The smallest absolute Gasteiger partial charge is 0.00344 e. The third-order valence-corrected chi connectivity index (χ3v) is 4.37. The van der Waals surface area contributed by atoms with Gasteiger partial charge < -0.3 is 4.90 Å². The first-order valence-corrected chi connectivity index (χ1v) is 7.74. The van der Waals surface area contributed by atoms with Gasteiger partial charge in [-0.05, 0) is 54.1 Å². The third kappa shape index (κ3) is 3.58. The Kier molecular flexibility index (Phi) is 4.66. The summed E-state index contributed by atoms with van der Waals surface area (Å²) in [5.41, 5.74) is 1.50. The fourth-order valence-electron chi connectivity index (χ4n) is 2.23. The summed E-state index contributed by atoms with van der Waals surface area (Å²) in [6.45, 7) is 3.87. The van der Waals surface area contributed by atoms with E-state index in [0.29, 0.717) is 0 Å². The number of alkyl halides is 1. The average Bonchev–Trinajstić information content (AvgIpc) is 2.85. The zero-order valence-corrected chi connectivity index (χ0v) is 11.4. The van der Waals surface area contributed by atoms with Crippen LogP contribution in [0.5, 0.6) is 0 Å². The summed E-state index contributed by atoms with van der Waals surface area (Å²) in [5.74, 6) is 0.937. The summed E-state index contributed by atoms with van der Waals surface area (Å²) in [4.78, 5) is 2.62. The lowest BCUT2D eigenvalue weighted by Gasteiger charge is -2.15. The Morgan fingerprint density at radius 1 is 1.53 bits per heavy atom. The quantitative estimate of drug-likeness (QED) is 0.751. The molecule has 0 aromatic carbocycles. The van der Waals surface area contributed by atoms with Gasteiger partial charge in [0.05, 0.1) is 0 Å². The van der Waals surface area contributed by atoms with Gasteiger partial charge >= 0.3 is 0 Å². The fourth-order valence-corrected chi connectivity index (χ4v) is 3.58. The highest BCUT2D eigenvalue weighted by molar-refractivity contribution is 9.09. The lowest BCUT2D eigenvalue weighted by atomic mass is 10.1. The first-order chi connectivity index (χ1) is 7.38. The van der Waals surface area contributed by atoms with Gasteiger partial charge in [-0.2, -0.15) is 11.3 Å². The molecule has 1 aliphatic rings. The Morgan fingerprint density at radius 2 is 2.47 bits per heavy atom. The molecule has 0 saturated carbocycles. The Morgan fingerprint density at radius 3 is 3.20 bits per heavy atom. The molecule has 1 unspecified atom stereocenters. The van der Waals surface area contributed by atoms with Gasteiger partial charge in [0.1, 0.15) is 0 Å². The lowest BCUT2D eigenvalue weighted by molar-refractivity contribution is 0.327. The van der Waals surface area contributed by atoms with Crippen molar-refractivity contribution in [3.05, 3.63) is 22.4 Å². The molecule has 1 aliphatic heterocycles. The van der Waals surface area contributed by atoms with Crippen LogP contribution in [0, 0.1) is 5.92 Å². The van der Waals surface area contributed by atoms with E-state index in [1.54, 1.807) is 11.3 Å². The van der Waals surface area contributed by atoms with Crippen molar-refractivity contribution < 1.29 is 0 Å². The first kappa shape index (κ1) is 11.6. The molecule has 0 spiro atoms. The number of likely N-dealkylation sites (tertiary alicyclic amines) is 1. The summed E-state index contributed by atoms with van der Waals surface area (Å²) < 4.78 is 0. The van der Waals surface area contributed by atoms with Gasteiger partial charge in [0, 0.05) is 18.4 Å². The summed E-state index contributed by atoms with van der Waals surface area (Å²) in [5, 5.41) is 5.61. The molecule has 1 nitrogen and oxygen atoms in total. The molecule has 1 aromatic rings. The normalized spacial score (nSPS) is 22.3. The van der Waals surface area contributed by atoms with Gasteiger partial charge in [-0.3, -0.25) is 0 Å². The van der Waals surface area contributed by atoms with E-state index in [2.05, 4.69) is 37.7 Å². The highest BCUT2D eigenvalue weighted by Crippen LogP contribution is 2.20. The Hall–Kier alpha value is 0.140. The summed E-state index contributed by atoms with van der Waals surface area (Å²) in [6.07, 6.45) is 3.97. The van der Waals surface area contributed by atoms with Crippen LogP contribution in [0.15, 0.2) is 16.8 Å². The SMILES string of the molecule is BrCCC1CCN(CCc2ccsc2)C1. The molecule has 1 aromatic heterocycles. The minimum Gasteiger partial charge on any atom is -0.303 e. The van der Waals surface area contributed by atoms with Crippen LogP contribution >= 0.6 is 27.3 Å². The molecule has 0 N–H and O–H groups in total. The van der Waals surface area contributed by atoms with Gasteiger partial charge in [-0.25, -0.2) is 0 Å². The maximum Gasteiger partial charge on any atom is 0.00344 e. The van der Waals surface area contributed by atoms with Crippen LogP contribution in [-0.4, -0.2) is 29.9 Å². The van der Waals surface area contributed by atoms with Crippen LogP contribution in [-0.2, 0) is 6.42 Å². The maximum absolute atomic E-state index is 3.53. The maximum atomic E-state index is 3.53. The van der Waals surface area contributed by atoms with E-state index in [1.165, 1.54) is 44.5 Å². The van der Waals surface area contributed by atoms with E-state index in [-0.39, 0.29) is 0 Å². The van der Waals surface area contributed by atoms with Crippen molar-refractivity contribution >= 4 is 27.3 Å². The molecule has 0 bridgehead atoms. The van der Waals surface area contributed by atoms with Crippen LogP contribution in [0.3, 0.4) is 0 Å². The van der Waals surface area contributed by atoms with Crippen LogP contribution in [0.2, 0.25) is 0 Å². The van der Waals surface area contributed by atoms with Crippen molar-refractivity contribution in [1.82, 2.24) is 4.90 Å². The van der Waals surface area contributed by atoms with Crippen LogP contribution in [0.4, 0.5) is 0 Å². The summed E-state index contributed by atoms with van der Waals surface area (Å²) in [6, 6.07) is 2.25. The second kappa shape index (κ2) is 6.02. The fraction of sp³-hybridized carbons (Fsp3) is 0.667. The lowest BCUT2D eigenvalue weighted by Crippen LogP contribution is -2.23. The first-order valence-electron chi connectivity index (χ1n) is 5.68. The minimum absolute atomic E-state index is 0.937. The molecule has 1 saturated heterocycles. The predicted molar refractivity (Wildman–Crippen MR) is 71.0 cm³/mol. The molecule has 84 valence electrons. The van der Waals surface area contributed by atoms with E-state index < -0.39 is 0 Å². The summed E-state index contributed by atoms with van der Waals surface area (Å²) in [7, 11) is 0. The Balaban J connectivity index is 1.69. The molecule has 0 radical (unpaired) electrons. The van der Waals surface area contributed by atoms with Gasteiger partial charge in [-0.15, -0.1) is 0 Å². The van der Waals surface area contributed by atoms with Crippen molar-refractivity contribution in [2.75, 3.05) is 25.0 Å². The van der Waals surface area contributed by atoms with Crippen molar-refractivity contribution in [2.45, 2.75) is 19.3 Å². The van der Waals surface area contributed by atoms with Gasteiger partial charge in [0.15, 0.2) is 0 Å². The highest BCUT2D eigenvalue weighted by Gasteiger charge is 2.21. The van der Waals surface area contributed by atoms with Gasteiger partial charge in [0.25, 0.3) is 0 Å². The minimum atomic E-state index is 0.937. The number of hydrogen-bond donors (Lipinski definition) is 0. The molecular weight excluding hydrogens is 270 g/mol. The largest absolute Gasteiger partial charge is 0.303 e. The number of thiophene rings is 1. The zero-order chi connectivity index (χ0) is 10.5. The van der Waals surface area contributed by atoms with E-state index >= 15 is 0 Å².